The highest BCUT2D eigenvalue weighted by Crippen LogP contribution is 2.69. The first-order valence-corrected chi connectivity index (χ1v) is 16.0. The lowest BCUT2D eigenvalue weighted by molar-refractivity contribution is -0.152. The Bertz CT molecular complexity index is 891. The van der Waals surface area contributed by atoms with Crippen molar-refractivity contribution in [1.82, 2.24) is 0 Å². The average molecular weight is 509 g/mol. The molecule has 10 atom stereocenters. The van der Waals surface area contributed by atoms with Gasteiger partial charge < -0.3 is 9.84 Å². The zero-order valence-electron chi connectivity index (χ0n) is 24.8. The first-order valence-electron chi connectivity index (χ1n) is 16.0. The van der Waals surface area contributed by atoms with E-state index in [1.54, 1.807) is 7.11 Å². The third kappa shape index (κ3) is 5.03. The molecule has 0 saturated heterocycles. The second kappa shape index (κ2) is 10.9. The molecule has 4 aliphatic carbocycles. The number of benzene rings is 1. The van der Waals surface area contributed by atoms with E-state index in [1.807, 2.05) is 0 Å². The number of aliphatic hydroxyl groups is 1. The number of rotatable bonds is 8. The summed E-state index contributed by atoms with van der Waals surface area (Å²) < 4.78 is 5.39. The van der Waals surface area contributed by atoms with Crippen LogP contribution in [0.4, 0.5) is 0 Å². The molecule has 2 nitrogen and oxygen atoms in total. The summed E-state index contributed by atoms with van der Waals surface area (Å²) in [7, 11) is 1.74. The van der Waals surface area contributed by atoms with E-state index in [4.69, 9.17) is 4.74 Å². The summed E-state index contributed by atoms with van der Waals surface area (Å²) in [6.45, 7) is 12.7. The Morgan fingerprint density at radius 3 is 2.22 bits per heavy atom. The van der Waals surface area contributed by atoms with Gasteiger partial charge in [-0.1, -0.05) is 66.0 Å². The Morgan fingerprint density at radius 1 is 0.838 bits per heavy atom. The lowest BCUT2D eigenvalue weighted by atomic mass is 9.42. The SMILES string of the molecule is COc1ccc(C[C@@H]2[C@H](O)CC[C@@]3(C)[C@H]2CC[C@@H]2[C@@H]3CC[C@]3(C)[C@@H]([C@H](C)CCCC(C)C)CC[C@@H]23)cc1. The van der Waals surface area contributed by atoms with Gasteiger partial charge in [0.25, 0.3) is 0 Å². The fourth-order valence-electron chi connectivity index (χ4n) is 10.8. The van der Waals surface area contributed by atoms with Crippen LogP contribution in [0.25, 0.3) is 0 Å². The fourth-order valence-corrected chi connectivity index (χ4v) is 10.8. The molecule has 0 unspecified atom stereocenters. The van der Waals surface area contributed by atoms with Crippen molar-refractivity contribution in [2.24, 2.45) is 58.2 Å². The van der Waals surface area contributed by atoms with Crippen molar-refractivity contribution >= 4 is 0 Å². The van der Waals surface area contributed by atoms with E-state index in [-0.39, 0.29) is 6.10 Å². The third-order valence-electron chi connectivity index (χ3n) is 12.8. The van der Waals surface area contributed by atoms with E-state index >= 15 is 0 Å². The molecule has 1 aromatic carbocycles. The molecule has 5 rings (SSSR count). The molecule has 1 N–H and O–H groups in total. The molecule has 4 saturated carbocycles. The molecule has 0 aromatic heterocycles. The maximum atomic E-state index is 11.2. The monoisotopic (exact) mass is 508 g/mol. The summed E-state index contributed by atoms with van der Waals surface area (Å²) in [5.41, 5.74) is 2.33. The number of hydrogen-bond acceptors (Lipinski definition) is 2. The van der Waals surface area contributed by atoms with Crippen molar-refractivity contribution < 1.29 is 9.84 Å². The van der Waals surface area contributed by atoms with Gasteiger partial charge >= 0.3 is 0 Å². The summed E-state index contributed by atoms with van der Waals surface area (Å²) >= 11 is 0. The zero-order chi connectivity index (χ0) is 26.4. The van der Waals surface area contributed by atoms with Crippen molar-refractivity contribution in [2.75, 3.05) is 7.11 Å². The summed E-state index contributed by atoms with van der Waals surface area (Å²) in [6.07, 6.45) is 15.9. The van der Waals surface area contributed by atoms with Crippen molar-refractivity contribution in [3.05, 3.63) is 29.8 Å². The van der Waals surface area contributed by atoms with E-state index in [0.29, 0.717) is 22.7 Å². The molecule has 4 aliphatic rings. The molecule has 0 amide bonds. The standard InChI is InChI=1S/C35H56O2/c1-23(2)8-7-9-24(3)29-16-17-30-27-14-15-31-28(22-25-10-12-26(37-6)13-11-25)33(36)19-21-35(31,5)32(27)18-20-34(29,30)4/h10-13,23-24,27-33,36H,7-9,14-22H2,1-6H3/t24-,27+,28+,29-,30+,31+,32+,33-,34-,35+/m1/s1. The first kappa shape index (κ1) is 27.5. The molecule has 0 spiro atoms. The normalized spacial score (nSPS) is 42.1. The number of hydrogen-bond donors (Lipinski definition) is 1. The van der Waals surface area contributed by atoms with Crippen LogP contribution in [-0.2, 0) is 6.42 Å². The Labute approximate surface area is 228 Å². The Morgan fingerprint density at radius 2 is 1.51 bits per heavy atom. The maximum absolute atomic E-state index is 11.2. The minimum atomic E-state index is -0.145. The zero-order valence-corrected chi connectivity index (χ0v) is 24.8. The Hall–Kier alpha value is -1.02. The quantitative estimate of drug-likeness (QED) is 0.380. The van der Waals surface area contributed by atoms with Gasteiger partial charge in [0, 0.05) is 0 Å². The Balaban J connectivity index is 1.30. The molecule has 2 heteroatoms. The molecule has 208 valence electrons. The molecular formula is C35H56O2. The van der Waals surface area contributed by atoms with E-state index in [9.17, 15) is 5.11 Å². The summed E-state index contributed by atoms with van der Waals surface area (Å²) in [6, 6.07) is 8.61. The van der Waals surface area contributed by atoms with Crippen molar-refractivity contribution in [3.8, 4) is 5.75 Å². The predicted molar refractivity (Wildman–Crippen MR) is 155 cm³/mol. The molecule has 37 heavy (non-hydrogen) atoms. The number of ether oxygens (including phenoxy) is 1. The van der Waals surface area contributed by atoms with Crippen LogP contribution in [0.1, 0.15) is 111 Å². The van der Waals surface area contributed by atoms with Crippen LogP contribution in [0.2, 0.25) is 0 Å². The lowest BCUT2D eigenvalue weighted by Crippen LogP contribution is -2.57. The second-order valence-electron chi connectivity index (χ2n) is 14.9. The van der Waals surface area contributed by atoms with Gasteiger partial charge in [0.15, 0.2) is 0 Å². The highest BCUT2D eigenvalue weighted by Gasteiger charge is 2.61. The Kier molecular flexibility index (Phi) is 8.09. The third-order valence-corrected chi connectivity index (χ3v) is 12.8. The summed E-state index contributed by atoms with van der Waals surface area (Å²) in [5, 5.41) is 11.2. The van der Waals surface area contributed by atoms with Crippen molar-refractivity contribution in [3.63, 3.8) is 0 Å². The number of fused-ring (bicyclic) bond motifs is 5. The topological polar surface area (TPSA) is 29.5 Å². The molecule has 0 radical (unpaired) electrons. The lowest BCUT2D eigenvalue weighted by Gasteiger charge is -2.63. The van der Waals surface area contributed by atoms with Gasteiger partial charge in [-0.05, 0) is 134 Å². The van der Waals surface area contributed by atoms with E-state index in [0.717, 1.165) is 54.1 Å². The predicted octanol–water partition coefficient (Wildman–Crippen LogP) is 8.95. The molecular weight excluding hydrogens is 452 g/mol. The van der Waals surface area contributed by atoms with Gasteiger partial charge in [-0.2, -0.15) is 0 Å². The minimum Gasteiger partial charge on any atom is -0.497 e. The van der Waals surface area contributed by atoms with Gasteiger partial charge in [0.2, 0.25) is 0 Å². The molecule has 1 aromatic rings. The fraction of sp³-hybridized carbons (Fsp3) is 0.829. The largest absolute Gasteiger partial charge is 0.497 e. The van der Waals surface area contributed by atoms with Crippen LogP contribution >= 0.6 is 0 Å². The van der Waals surface area contributed by atoms with Gasteiger partial charge in [-0.15, -0.1) is 0 Å². The first-order chi connectivity index (χ1) is 17.7. The molecule has 0 bridgehead atoms. The maximum Gasteiger partial charge on any atom is 0.118 e. The molecule has 0 aliphatic heterocycles. The van der Waals surface area contributed by atoms with Crippen LogP contribution in [0.5, 0.6) is 5.75 Å². The van der Waals surface area contributed by atoms with Crippen LogP contribution < -0.4 is 4.74 Å². The highest BCUT2D eigenvalue weighted by molar-refractivity contribution is 5.28. The van der Waals surface area contributed by atoms with Crippen molar-refractivity contribution in [2.45, 2.75) is 118 Å². The molecule has 4 fully saturated rings. The van der Waals surface area contributed by atoms with Gasteiger partial charge in [0.1, 0.15) is 5.75 Å². The van der Waals surface area contributed by atoms with E-state index < -0.39 is 0 Å². The van der Waals surface area contributed by atoms with Gasteiger partial charge in [0.05, 0.1) is 13.2 Å². The average Bonchev–Trinajstić information content (AvgIpc) is 3.23. The summed E-state index contributed by atoms with van der Waals surface area (Å²) in [4.78, 5) is 0. The van der Waals surface area contributed by atoms with Crippen LogP contribution in [0, 0.1) is 58.2 Å². The highest BCUT2D eigenvalue weighted by atomic mass is 16.5. The molecule has 0 heterocycles. The summed E-state index contributed by atoms with van der Waals surface area (Å²) in [5.74, 6) is 7.38. The van der Waals surface area contributed by atoms with Crippen LogP contribution in [0.3, 0.4) is 0 Å². The van der Waals surface area contributed by atoms with Gasteiger partial charge in [-0.3, -0.25) is 0 Å². The second-order valence-corrected chi connectivity index (χ2v) is 14.9. The van der Waals surface area contributed by atoms with E-state index in [1.165, 1.54) is 69.8 Å². The van der Waals surface area contributed by atoms with Crippen LogP contribution in [-0.4, -0.2) is 18.3 Å². The number of methoxy groups -OCH3 is 1. The number of aliphatic hydroxyl groups excluding tert-OH is 1. The van der Waals surface area contributed by atoms with Crippen molar-refractivity contribution in [1.29, 1.82) is 0 Å². The minimum absolute atomic E-state index is 0.145. The van der Waals surface area contributed by atoms with Gasteiger partial charge in [-0.25, -0.2) is 0 Å². The van der Waals surface area contributed by atoms with E-state index in [2.05, 4.69) is 58.9 Å². The van der Waals surface area contributed by atoms with Crippen LogP contribution in [0.15, 0.2) is 24.3 Å². The smallest absolute Gasteiger partial charge is 0.118 e.